The summed E-state index contributed by atoms with van der Waals surface area (Å²) in [4.78, 5) is 29.8. The van der Waals surface area contributed by atoms with Crippen molar-refractivity contribution >= 4 is 27.5 Å². The number of sulfonamides is 1. The van der Waals surface area contributed by atoms with Crippen molar-refractivity contribution < 1.29 is 26.8 Å². The molecule has 4 aromatic carbocycles. The zero-order valence-corrected chi connectivity index (χ0v) is 27.1. The van der Waals surface area contributed by atoms with E-state index in [1.807, 2.05) is 37.3 Å². The molecule has 0 spiro atoms. The van der Waals surface area contributed by atoms with Gasteiger partial charge in [-0.2, -0.15) is 0 Å². The summed E-state index contributed by atoms with van der Waals surface area (Å²) in [5.74, 6) is -2.23. The number of hydrogen-bond acceptors (Lipinski definition) is 4. The van der Waals surface area contributed by atoms with Gasteiger partial charge in [-0.15, -0.1) is 0 Å². The number of rotatable bonds is 12. The molecule has 1 fully saturated rings. The molecule has 0 bridgehead atoms. The van der Waals surface area contributed by atoms with Gasteiger partial charge in [0.25, 0.3) is 10.0 Å². The molecule has 2 amide bonds. The third-order valence-electron chi connectivity index (χ3n) is 8.52. The van der Waals surface area contributed by atoms with E-state index in [1.54, 1.807) is 18.2 Å². The Labute approximate surface area is 275 Å². The summed E-state index contributed by atoms with van der Waals surface area (Å²) in [5.41, 5.74) is 1.87. The van der Waals surface area contributed by atoms with Crippen molar-refractivity contribution in [2.45, 2.75) is 69.0 Å². The molecule has 0 saturated heterocycles. The largest absolute Gasteiger partial charge is 0.352 e. The molecule has 1 atom stereocenters. The Hall–Kier alpha value is -4.57. The maximum absolute atomic E-state index is 15.1. The lowest BCUT2D eigenvalue weighted by Gasteiger charge is -2.35. The topological polar surface area (TPSA) is 86.8 Å². The number of aryl methyl sites for hydroxylation is 1. The smallest absolute Gasteiger partial charge is 0.264 e. The Kier molecular flexibility index (Phi) is 11.0. The van der Waals surface area contributed by atoms with Gasteiger partial charge in [0, 0.05) is 24.6 Å². The van der Waals surface area contributed by atoms with Gasteiger partial charge in [0.2, 0.25) is 11.8 Å². The predicted octanol–water partition coefficient (Wildman–Crippen LogP) is 6.56. The van der Waals surface area contributed by atoms with Gasteiger partial charge in [-0.1, -0.05) is 85.5 Å². The van der Waals surface area contributed by atoms with E-state index < -0.39 is 40.2 Å². The average molecular weight is 660 g/mol. The van der Waals surface area contributed by atoms with Gasteiger partial charge in [-0.05, 0) is 67.8 Å². The van der Waals surface area contributed by atoms with Crippen LogP contribution in [-0.4, -0.2) is 43.8 Å². The first kappa shape index (κ1) is 33.8. The van der Waals surface area contributed by atoms with Crippen molar-refractivity contribution in [2.75, 3.05) is 10.8 Å². The fourth-order valence-corrected chi connectivity index (χ4v) is 7.30. The van der Waals surface area contributed by atoms with Gasteiger partial charge in [-0.3, -0.25) is 13.9 Å². The van der Waals surface area contributed by atoms with Crippen molar-refractivity contribution in [2.24, 2.45) is 0 Å². The second kappa shape index (κ2) is 15.3. The molecule has 0 aliphatic heterocycles. The summed E-state index contributed by atoms with van der Waals surface area (Å²) in [6, 6.07) is 25.0. The van der Waals surface area contributed by atoms with E-state index in [1.165, 1.54) is 47.4 Å². The van der Waals surface area contributed by atoms with Crippen LogP contribution in [0.2, 0.25) is 0 Å². The molecule has 0 radical (unpaired) electrons. The van der Waals surface area contributed by atoms with Gasteiger partial charge in [0.15, 0.2) is 0 Å². The SMILES string of the molecule is Cc1ccc(S(=O)(=O)N(CC(=O)N(Cc2ccccc2F)[C@H](Cc2ccccc2)C(=O)NC2CCCCC2)c2ccc(F)cc2)cc1. The highest BCUT2D eigenvalue weighted by molar-refractivity contribution is 7.92. The first-order valence-electron chi connectivity index (χ1n) is 15.8. The highest BCUT2D eigenvalue weighted by Gasteiger charge is 2.35. The van der Waals surface area contributed by atoms with E-state index in [2.05, 4.69) is 5.32 Å². The fraction of sp³-hybridized carbons (Fsp3) is 0.297. The quantitative estimate of drug-likeness (QED) is 0.187. The summed E-state index contributed by atoms with van der Waals surface area (Å²) < 4.78 is 58.1. The molecular weight excluding hydrogens is 620 g/mol. The average Bonchev–Trinajstić information content (AvgIpc) is 3.07. The number of nitrogens with zero attached hydrogens (tertiary/aromatic N) is 2. The number of nitrogens with one attached hydrogen (secondary N) is 1. The highest BCUT2D eigenvalue weighted by Crippen LogP contribution is 2.26. The number of anilines is 1. The number of halogens is 2. The molecule has 1 N–H and O–H groups in total. The van der Waals surface area contributed by atoms with Crippen LogP contribution < -0.4 is 9.62 Å². The molecule has 7 nitrogen and oxygen atoms in total. The third kappa shape index (κ3) is 8.62. The molecular formula is C37H39F2N3O4S. The molecule has 5 rings (SSSR count). The molecule has 0 unspecified atom stereocenters. The van der Waals surface area contributed by atoms with Crippen molar-refractivity contribution in [3.63, 3.8) is 0 Å². The molecule has 0 aromatic heterocycles. The second-order valence-corrected chi connectivity index (χ2v) is 13.8. The zero-order valence-electron chi connectivity index (χ0n) is 26.3. The minimum absolute atomic E-state index is 0.0578. The summed E-state index contributed by atoms with van der Waals surface area (Å²) >= 11 is 0. The first-order valence-corrected chi connectivity index (χ1v) is 17.3. The molecule has 10 heteroatoms. The second-order valence-electron chi connectivity index (χ2n) is 12.0. The minimum atomic E-state index is -4.33. The van der Waals surface area contributed by atoms with Crippen molar-refractivity contribution in [1.82, 2.24) is 10.2 Å². The molecule has 1 saturated carbocycles. The third-order valence-corrected chi connectivity index (χ3v) is 10.3. The van der Waals surface area contributed by atoms with Crippen LogP contribution in [0, 0.1) is 18.6 Å². The number of amides is 2. The lowest BCUT2D eigenvalue weighted by molar-refractivity contribution is -0.140. The van der Waals surface area contributed by atoms with Crippen LogP contribution >= 0.6 is 0 Å². The minimum Gasteiger partial charge on any atom is -0.352 e. The summed E-state index contributed by atoms with van der Waals surface area (Å²) in [7, 11) is -4.33. The van der Waals surface area contributed by atoms with Gasteiger partial charge in [-0.25, -0.2) is 17.2 Å². The van der Waals surface area contributed by atoms with E-state index in [0.717, 1.165) is 59.7 Å². The summed E-state index contributed by atoms with van der Waals surface area (Å²) in [6.45, 7) is 0.838. The Balaban J connectivity index is 1.56. The Bertz CT molecular complexity index is 1760. The van der Waals surface area contributed by atoms with E-state index in [0.29, 0.717) is 0 Å². The van der Waals surface area contributed by atoms with Crippen LogP contribution in [0.1, 0.15) is 48.8 Å². The summed E-state index contributed by atoms with van der Waals surface area (Å²) in [5, 5.41) is 3.13. The van der Waals surface area contributed by atoms with Crippen LogP contribution in [0.4, 0.5) is 14.5 Å². The standard InChI is InChI=1S/C37H39F2N3O4S/c1-27-16-22-33(23-17-27)47(45,46)42(32-20-18-30(38)19-21-32)26-36(43)41(25-29-12-8-9-15-34(29)39)35(24-28-10-4-2-5-11-28)37(44)40-31-13-6-3-7-14-31/h2,4-5,8-12,15-23,31,35H,3,6-7,13-14,24-26H2,1H3,(H,40,44)/t35-/m1/s1. The molecule has 0 heterocycles. The van der Waals surface area contributed by atoms with Crippen LogP contribution in [0.25, 0.3) is 0 Å². The Morgan fingerprint density at radius 2 is 1.47 bits per heavy atom. The van der Waals surface area contributed by atoms with Crippen molar-refractivity contribution in [1.29, 1.82) is 0 Å². The van der Waals surface area contributed by atoms with Gasteiger partial charge >= 0.3 is 0 Å². The zero-order chi connectivity index (χ0) is 33.4. The van der Waals surface area contributed by atoms with Crippen LogP contribution in [-0.2, 0) is 32.6 Å². The van der Waals surface area contributed by atoms with E-state index >= 15 is 4.39 Å². The van der Waals surface area contributed by atoms with E-state index in [-0.39, 0.29) is 41.1 Å². The van der Waals surface area contributed by atoms with E-state index in [4.69, 9.17) is 0 Å². The predicted molar refractivity (Wildman–Crippen MR) is 178 cm³/mol. The van der Waals surface area contributed by atoms with Crippen molar-refractivity contribution in [3.05, 3.63) is 131 Å². The number of benzene rings is 4. The van der Waals surface area contributed by atoms with Gasteiger partial charge < -0.3 is 10.2 Å². The van der Waals surface area contributed by atoms with Crippen LogP contribution in [0.3, 0.4) is 0 Å². The van der Waals surface area contributed by atoms with E-state index in [9.17, 15) is 22.4 Å². The fourth-order valence-electron chi connectivity index (χ4n) is 5.88. The lowest BCUT2D eigenvalue weighted by atomic mass is 9.94. The van der Waals surface area contributed by atoms with Gasteiger partial charge in [0.1, 0.15) is 24.2 Å². The number of carbonyl (C=O) groups is 2. The molecule has 1 aliphatic carbocycles. The molecule has 246 valence electrons. The van der Waals surface area contributed by atoms with Crippen molar-refractivity contribution in [3.8, 4) is 0 Å². The van der Waals surface area contributed by atoms with Crippen LogP contribution in [0.5, 0.6) is 0 Å². The molecule has 4 aromatic rings. The van der Waals surface area contributed by atoms with Gasteiger partial charge in [0.05, 0.1) is 10.6 Å². The summed E-state index contributed by atoms with van der Waals surface area (Å²) in [6.07, 6.45) is 4.81. The maximum Gasteiger partial charge on any atom is 0.264 e. The highest BCUT2D eigenvalue weighted by atomic mass is 32.2. The number of hydrogen-bond donors (Lipinski definition) is 1. The molecule has 1 aliphatic rings. The lowest BCUT2D eigenvalue weighted by Crippen LogP contribution is -2.55. The monoisotopic (exact) mass is 659 g/mol. The Morgan fingerprint density at radius 3 is 2.13 bits per heavy atom. The number of carbonyl (C=O) groups excluding carboxylic acids is 2. The maximum atomic E-state index is 15.1. The Morgan fingerprint density at radius 1 is 0.830 bits per heavy atom. The molecule has 47 heavy (non-hydrogen) atoms. The first-order chi connectivity index (χ1) is 22.6. The van der Waals surface area contributed by atoms with Crippen LogP contribution in [0.15, 0.2) is 108 Å². The normalized spacial score (nSPS) is 14.3.